The lowest BCUT2D eigenvalue weighted by Gasteiger charge is -1.94. The first kappa shape index (κ1) is 9.71. The molecule has 0 aromatic carbocycles. The molecule has 15 heavy (non-hydrogen) atoms. The lowest BCUT2D eigenvalue weighted by molar-refractivity contribution is -0.136. The van der Waals surface area contributed by atoms with Crippen molar-refractivity contribution in [2.45, 2.75) is 12.8 Å². The zero-order valence-electron chi connectivity index (χ0n) is 8.47. The van der Waals surface area contributed by atoms with E-state index in [9.17, 15) is 4.79 Å². The molecule has 0 saturated heterocycles. The maximum absolute atomic E-state index is 10.5. The van der Waals surface area contributed by atoms with Crippen molar-refractivity contribution in [2.24, 2.45) is 7.05 Å². The summed E-state index contributed by atoms with van der Waals surface area (Å²) in [4.78, 5) is 14.7. The third-order valence-corrected chi connectivity index (χ3v) is 2.42. The maximum Gasteiger partial charge on any atom is 0.303 e. The van der Waals surface area contributed by atoms with Gasteiger partial charge in [0.2, 0.25) is 0 Å². The van der Waals surface area contributed by atoms with Gasteiger partial charge in [0.15, 0.2) is 0 Å². The second kappa shape index (κ2) is 3.73. The Kier molecular flexibility index (Phi) is 2.41. The summed E-state index contributed by atoms with van der Waals surface area (Å²) >= 11 is 0. The van der Waals surface area contributed by atoms with Gasteiger partial charge in [-0.2, -0.15) is 0 Å². The predicted molar refractivity (Wildman–Crippen MR) is 56.7 cm³/mol. The Morgan fingerprint density at radius 2 is 2.40 bits per heavy atom. The van der Waals surface area contributed by atoms with Crippen LogP contribution in [0.15, 0.2) is 24.5 Å². The molecule has 0 bridgehead atoms. The summed E-state index contributed by atoms with van der Waals surface area (Å²) in [5.41, 5.74) is 1.95. The summed E-state index contributed by atoms with van der Waals surface area (Å²) in [5, 5.41) is 9.67. The molecule has 4 nitrogen and oxygen atoms in total. The molecule has 2 aromatic heterocycles. The van der Waals surface area contributed by atoms with Gasteiger partial charge in [-0.1, -0.05) is 0 Å². The van der Waals surface area contributed by atoms with E-state index in [1.807, 2.05) is 29.9 Å². The molecule has 0 spiro atoms. The highest BCUT2D eigenvalue weighted by Crippen LogP contribution is 2.19. The van der Waals surface area contributed by atoms with E-state index in [1.165, 1.54) is 0 Å². The van der Waals surface area contributed by atoms with Crippen molar-refractivity contribution in [3.8, 4) is 0 Å². The molecule has 0 atom stereocenters. The molecule has 0 radical (unpaired) electrons. The molecule has 2 heterocycles. The number of fused-ring (bicyclic) bond motifs is 1. The first-order valence-electron chi connectivity index (χ1n) is 4.79. The van der Waals surface area contributed by atoms with Crippen molar-refractivity contribution in [1.29, 1.82) is 0 Å². The van der Waals surface area contributed by atoms with E-state index < -0.39 is 5.97 Å². The number of rotatable bonds is 3. The Morgan fingerprint density at radius 1 is 1.60 bits per heavy atom. The van der Waals surface area contributed by atoms with Gasteiger partial charge in [-0.05, 0) is 24.1 Å². The second-order valence-corrected chi connectivity index (χ2v) is 3.53. The van der Waals surface area contributed by atoms with Crippen LogP contribution in [0.2, 0.25) is 0 Å². The highest BCUT2D eigenvalue weighted by Gasteiger charge is 2.08. The van der Waals surface area contributed by atoms with Crippen LogP contribution in [0.1, 0.15) is 12.0 Å². The van der Waals surface area contributed by atoms with Crippen molar-refractivity contribution < 1.29 is 9.90 Å². The predicted octanol–water partition coefficient (Wildman–Crippen LogP) is 1.59. The van der Waals surface area contributed by atoms with Crippen LogP contribution in [0.25, 0.3) is 11.0 Å². The Bertz CT molecular complexity index is 502. The van der Waals surface area contributed by atoms with Crippen molar-refractivity contribution >= 4 is 17.0 Å². The molecule has 0 saturated carbocycles. The smallest absolute Gasteiger partial charge is 0.303 e. The van der Waals surface area contributed by atoms with Gasteiger partial charge in [0.25, 0.3) is 0 Å². The van der Waals surface area contributed by atoms with Crippen LogP contribution in [0.4, 0.5) is 0 Å². The zero-order chi connectivity index (χ0) is 10.8. The summed E-state index contributed by atoms with van der Waals surface area (Å²) < 4.78 is 1.92. The van der Waals surface area contributed by atoms with E-state index in [1.54, 1.807) is 6.20 Å². The summed E-state index contributed by atoms with van der Waals surface area (Å²) in [6.45, 7) is 0. The van der Waals surface area contributed by atoms with Gasteiger partial charge in [-0.3, -0.25) is 4.79 Å². The zero-order valence-corrected chi connectivity index (χ0v) is 8.47. The van der Waals surface area contributed by atoms with Crippen LogP contribution in [0.3, 0.4) is 0 Å². The summed E-state index contributed by atoms with van der Waals surface area (Å²) in [7, 11) is 1.92. The van der Waals surface area contributed by atoms with Crippen molar-refractivity contribution in [3.63, 3.8) is 0 Å². The monoisotopic (exact) mass is 204 g/mol. The van der Waals surface area contributed by atoms with Crippen molar-refractivity contribution in [2.75, 3.05) is 0 Å². The van der Waals surface area contributed by atoms with Gasteiger partial charge in [0.1, 0.15) is 5.65 Å². The third kappa shape index (κ3) is 1.83. The number of carboxylic acids is 1. The van der Waals surface area contributed by atoms with Gasteiger partial charge in [0, 0.05) is 31.2 Å². The van der Waals surface area contributed by atoms with E-state index in [0.29, 0.717) is 6.42 Å². The molecular formula is C11H12N2O2. The standard InChI is InChI=1S/C11H12N2O2/c1-13-7-8(4-5-10(14)15)9-3-2-6-12-11(9)13/h2-3,6-7H,4-5H2,1H3,(H,14,15). The average Bonchev–Trinajstić information content (AvgIpc) is 2.54. The molecule has 0 aliphatic rings. The van der Waals surface area contributed by atoms with Crippen molar-refractivity contribution in [1.82, 2.24) is 9.55 Å². The maximum atomic E-state index is 10.5. The number of hydrogen-bond donors (Lipinski definition) is 1. The van der Waals surface area contributed by atoms with E-state index in [0.717, 1.165) is 16.6 Å². The SMILES string of the molecule is Cn1cc(CCC(=O)O)c2cccnc21. The average molecular weight is 204 g/mol. The van der Waals surface area contributed by atoms with Gasteiger partial charge in [-0.15, -0.1) is 0 Å². The van der Waals surface area contributed by atoms with Gasteiger partial charge < -0.3 is 9.67 Å². The number of pyridine rings is 1. The molecule has 0 aliphatic heterocycles. The summed E-state index contributed by atoms with van der Waals surface area (Å²) in [6, 6.07) is 3.84. The molecule has 2 aromatic rings. The van der Waals surface area contributed by atoms with Gasteiger partial charge in [-0.25, -0.2) is 4.98 Å². The van der Waals surface area contributed by atoms with Gasteiger partial charge in [0.05, 0.1) is 0 Å². The molecule has 4 heteroatoms. The Labute approximate surface area is 87.2 Å². The van der Waals surface area contributed by atoms with Gasteiger partial charge >= 0.3 is 5.97 Å². The number of carboxylic acid groups (broad SMARTS) is 1. The number of aryl methyl sites for hydroxylation is 2. The second-order valence-electron chi connectivity index (χ2n) is 3.53. The quantitative estimate of drug-likeness (QED) is 0.826. The Hall–Kier alpha value is -1.84. The molecule has 0 fully saturated rings. The largest absolute Gasteiger partial charge is 0.481 e. The minimum absolute atomic E-state index is 0.161. The highest BCUT2D eigenvalue weighted by molar-refractivity contribution is 5.81. The molecule has 78 valence electrons. The van der Waals surface area contributed by atoms with Crippen LogP contribution < -0.4 is 0 Å². The minimum Gasteiger partial charge on any atom is -0.481 e. The number of aromatic nitrogens is 2. The van der Waals surface area contributed by atoms with Crippen molar-refractivity contribution in [3.05, 3.63) is 30.1 Å². The lowest BCUT2D eigenvalue weighted by atomic mass is 10.1. The topological polar surface area (TPSA) is 55.1 Å². The Morgan fingerprint density at radius 3 is 3.13 bits per heavy atom. The van der Waals surface area contributed by atoms with Crippen LogP contribution in [-0.4, -0.2) is 20.6 Å². The van der Waals surface area contributed by atoms with E-state index >= 15 is 0 Å². The fourth-order valence-corrected chi connectivity index (χ4v) is 1.73. The van der Waals surface area contributed by atoms with Crippen LogP contribution in [0, 0.1) is 0 Å². The highest BCUT2D eigenvalue weighted by atomic mass is 16.4. The minimum atomic E-state index is -0.768. The number of hydrogen-bond acceptors (Lipinski definition) is 2. The normalized spacial score (nSPS) is 10.7. The number of aliphatic carboxylic acids is 1. The van der Waals surface area contributed by atoms with E-state index in [4.69, 9.17) is 5.11 Å². The third-order valence-electron chi connectivity index (χ3n) is 2.42. The van der Waals surface area contributed by atoms with E-state index in [-0.39, 0.29) is 6.42 Å². The first-order valence-corrected chi connectivity index (χ1v) is 4.79. The molecule has 0 aliphatic carbocycles. The summed E-state index contributed by atoms with van der Waals surface area (Å²) in [6.07, 6.45) is 4.40. The fraction of sp³-hybridized carbons (Fsp3) is 0.273. The van der Waals surface area contributed by atoms with Crippen LogP contribution in [0.5, 0.6) is 0 Å². The molecular weight excluding hydrogens is 192 g/mol. The molecule has 1 N–H and O–H groups in total. The fourth-order valence-electron chi connectivity index (χ4n) is 1.73. The first-order chi connectivity index (χ1) is 7.18. The molecule has 0 amide bonds. The van der Waals surface area contributed by atoms with E-state index in [2.05, 4.69) is 4.98 Å². The lowest BCUT2D eigenvalue weighted by Crippen LogP contribution is -1.96. The van der Waals surface area contributed by atoms with Crippen LogP contribution in [-0.2, 0) is 18.3 Å². The van der Waals surface area contributed by atoms with Crippen LogP contribution >= 0.6 is 0 Å². The summed E-state index contributed by atoms with van der Waals surface area (Å²) in [5.74, 6) is -0.768. The number of nitrogens with zero attached hydrogens (tertiary/aromatic N) is 2. The molecule has 0 unspecified atom stereocenters. The molecule has 2 rings (SSSR count). The number of carbonyl (C=O) groups is 1. The Balaban J connectivity index is 2.39.